The first-order valence-corrected chi connectivity index (χ1v) is 16.8. The Morgan fingerprint density at radius 2 is 1.86 bits per heavy atom. The molecule has 1 unspecified atom stereocenters. The number of nitrogens with two attached hydrogens (primary N) is 1. The zero-order chi connectivity index (χ0) is 37.3. The minimum atomic E-state index is -3.13. The molecule has 0 aromatic rings. The summed E-state index contributed by atoms with van der Waals surface area (Å²) in [6.45, 7) is 3.00. The fraction of sp³-hybridized carbons (Fsp3) is 0.606. The number of nitrogens with zero attached hydrogens (tertiary/aromatic N) is 1. The molecule has 0 aromatic heterocycles. The Bertz CT molecular complexity index is 1410. The lowest BCUT2D eigenvalue weighted by Gasteiger charge is -2.46. The van der Waals surface area contributed by atoms with Crippen LogP contribution in [-0.4, -0.2) is 141 Å². The van der Waals surface area contributed by atoms with E-state index in [4.69, 9.17) is 29.8 Å². The molecule has 284 valence electrons. The highest BCUT2D eigenvalue weighted by Gasteiger charge is 2.56. The number of aliphatic imine (C=N–C) groups is 1. The van der Waals surface area contributed by atoms with Gasteiger partial charge in [0.25, 0.3) is 0 Å². The maximum absolute atomic E-state index is 13.6. The van der Waals surface area contributed by atoms with E-state index in [0.29, 0.717) is 29.7 Å². The summed E-state index contributed by atoms with van der Waals surface area (Å²) < 4.78 is 22.8. The normalized spacial score (nSPS) is 31.5. The lowest BCUT2D eigenvalue weighted by Crippen LogP contribution is -3.09. The predicted octanol–water partition coefficient (Wildman–Crippen LogP) is -3.78. The van der Waals surface area contributed by atoms with Gasteiger partial charge in [0, 0.05) is 19.1 Å². The summed E-state index contributed by atoms with van der Waals surface area (Å²) in [6, 6.07) is 0. The molecule has 0 aromatic carbocycles. The second-order valence-electron chi connectivity index (χ2n) is 12.7. The number of esters is 1. The molecule has 0 radical (unpaired) electrons. The summed E-state index contributed by atoms with van der Waals surface area (Å²) in [5.74, 6) is -7.05. The number of guanidine groups is 1. The Morgan fingerprint density at radius 3 is 2.49 bits per heavy atom. The third-order valence-electron chi connectivity index (χ3n) is 9.12. The van der Waals surface area contributed by atoms with Crippen molar-refractivity contribution in [3.05, 3.63) is 59.7 Å². The monoisotopic (exact) mass is 725 g/mol. The van der Waals surface area contributed by atoms with Crippen LogP contribution in [0.15, 0.2) is 64.7 Å². The number of rotatable bonds is 15. The Hall–Kier alpha value is -3.69. The first kappa shape index (κ1) is 40.1. The number of carboxylic acids is 1. The topological polar surface area (TPSA) is 288 Å². The zero-order valence-electron chi connectivity index (χ0n) is 28.0. The van der Waals surface area contributed by atoms with Crippen molar-refractivity contribution in [2.24, 2.45) is 22.6 Å². The number of quaternary nitrogens is 1. The summed E-state index contributed by atoms with van der Waals surface area (Å²) in [5.41, 5.74) is 6.47. The smallest absolute Gasteiger partial charge is 0.339 e. The maximum Gasteiger partial charge on any atom is 0.339 e. The number of carbonyl (C=O) groups is 2. The van der Waals surface area contributed by atoms with E-state index < -0.39 is 67.1 Å². The van der Waals surface area contributed by atoms with E-state index in [0.717, 1.165) is 19.1 Å². The second-order valence-corrected chi connectivity index (χ2v) is 12.7. The third-order valence-corrected chi connectivity index (χ3v) is 9.12. The van der Waals surface area contributed by atoms with Crippen molar-refractivity contribution in [1.29, 1.82) is 0 Å². The molecule has 4 rings (SSSR count). The molecule has 51 heavy (non-hydrogen) atoms. The van der Waals surface area contributed by atoms with Crippen molar-refractivity contribution in [2.45, 2.75) is 74.9 Å². The van der Waals surface area contributed by atoms with Gasteiger partial charge >= 0.3 is 11.9 Å². The second kappa shape index (κ2) is 18.2. The summed E-state index contributed by atoms with van der Waals surface area (Å²) in [6.07, 6.45) is 1.40. The SMILES string of the molecule is C=C[C@H]1[C@H](O[C@@H]2O[C@H](CO)[C@@H](O)C(O)(O)[C@H]2O)OC=C(C(=O)OC2CCCC2)[C@H]1/C=C\C1=C[NH+](CCO)CC(C(=O)O)=C1NC(N)=NCCCO. The van der Waals surface area contributed by atoms with Gasteiger partial charge in [-0.25, -0.2) is 9.59 Å². The molecule has 18 heteroatoms. The molecule has 4 aliphatic rings. The molecule has 0 spiro atoms. The van der Waals surface area contributed by atoms with E-state index in [2.05, 4.69) is 16.9 Å². The first-order chi connectivity index (χ1) is 24.4. The van der Waals surface area contributed by atoms with Crippen LogP contribution in [0.2, 0.25) is 0 Å². The van der Waals surface area contributed by atoms with Gasteiger partial charge in [-0.3, -0.25) is 4.99 Å². The van der Waals surface area contributed by atoms with Crippen molar-refractivity contribution in [3.8, 4) is 0 Å². The average molecular weight is 726 g/mol. The van der Waals surface area contributed by atoms with Crippen LogP contribution in [0.1, 0.15) is 32.1 Å². The number of carbonyl (C=O) groups excluding carboxylic acids is 1. The molecular formula is C33H49N4O14+. The number of hydrogen-bond donors (Lipinski definition) is 11. The van der Waals surface area contributed by atoms with Crippen molar-refractivity contribution in [3.63, 3.8) is 0 Å². The van der Waals surface area contributed by atoms with Gasteiger partial charge in [-0.05, 0) is 32.1 Å². The van der Waals surface area contributed by atoms with Gasteiger partial charge in [-0.15, -0.1) is 6.58 Å². The van der Waals surface area contributed by atoms with Gasteiger partial charge in [0.1, 0.15) is 43.2 Å². The van der Waals surface area contributed by atoms with Crippen LogP contribution in [0.4, 0.5) is 0 Å². The molecule has 8 atom stereocenters. The van der Waals surface area contributed by atoms with Crippen LogP contribution in [0.25, 0.3) is 0 Å². The van der Waals surface area contributed by atoms with Crippen LogP contribution in [0, 0.1) is 11.8 Å². The highest BCUT2D eigenvalue weighted by atomic mass is 16.8. The molecule has 12 N–H and O–H groups in total. The van der Waals surface area contributed by atoms with Crippen molar-refractivity contribution >= 4 is 17.9 Å². The Morgan fingerprint density at radius 1 is 1.14 bits per heavy atom. The van der Waals surface area contributed by atoms with Crippen molar-refractivity contribution < 1.29 is 74.3 Å². The number of hydrogen-bond acceptors (Lipinski definition) is 14. The van der Waals surface area contributed by atoms with Gasteiger partial charge in [0.15, 0.2) is 18.4 Å². The molecule has 1 saturated carbocycles. The highest BCUT2D eigenvalue weighted by Crippen LogP contribution is 2.38. The average Bonchev–Trinajstić information content (AvgIpc) is 3.61. The molecule has 0 amide bonds. The van der Waals surface area contributed by atoms with Crippen LogP contribution >= 0.6 is 0 Å². The number of aliphatic hydroxyl groups excluding tert-OH is 5. The fourth-order valence-electron chi connectivity index (χ4n) is 6.30. The van der Waals surface area contributed by atoms with Gasteiger partial charge in [0.05, 0.1) is 42.2 Å². The summed E-state index contributed by atoms with van der Waals surface area (Å²) in [4.78, 5) is 30.7. The summed E-state index contributed by atoms with van der Waals surface area (Å²) in [7, 11) is 0. The van der Waals surface area contributed by atoms with Crippen molar-refractivity contribution in [1.82, 2.24) is 5.32 Å². The van der Waals surface area contributed by atoms with Crippen LogP contribution < -0.4 is 16.0 Å². The largest absolute Gasteiger partial charge is 0.478 e. The van der Waals surface area contributed by atoms with Crippen molar-refractivity contribution in [2.75, 3.05) is 39.5 Å². The first-order valence-electron chi connectivity index (χ1n) is 16.8. The lowest BCUT2D eigenvalue weighted by molar-refractivity contribution is -0.843. The van der Waals surface area contributed by atoms with Gasteiger partial charge in [0.2, 0.25) is 12.1 Å². The van der Waals surface area contributed by atoms with Gasteiger partial charge < -0.3 is 75.8 Å². The zero-order valence-corrected chi connectivity index (χ0v) is 28.0. The van der Waals surface area contributed by atoms with Crippen LogP contribution in [-0.2, 0) is 28.5 Å². The summed E-state index contributed by atoms with van der Waals surface area (Å²) in [5, 5.41) is 82.9. The number of aliphatic hydroxyl groups is 7. The molecule has 3 aliphatic heterocycles. The summed E-state index contributed by atoms with van der Waals surface area (Å²) >= 11 is 0. The number of carboxylic acid groups (broad SMARTS) is 1. The minimum absolute atomic E-state index is 0.00866. The fourth-order valence-corrected chi connectivity index (χ4v) is 6.30. The van der Waals surface area contributed by atoms with E-state index in [9.17, 15) is 45.3 Å². The standard InChI is InChI=1S/C33H48N4O14/c1-2-20-21(9-8-18-14-37(11-13-39)15-22(28(43)44)25(18)36-32(34)35-10-5-12-38)23(29(45)49-19-6-3-4-7-19)17-48-30(20)51-31-27(42)33(46,47)26(41)24(16-40)50-31/h2,8-9,14,17,19-21,24,26-27,30-31,38-42,46-47H,1,3-7,10-13,15-16H2,(H,43,44)(H3,34,35,36)/p+1/b9-8-/t20-,21+,24-,26-,27+,30+,31+/m1/s1. The molecule has 1 saturated heterocycles. The predicted molar refractivity (Wildman–Crippen MR) is 175 cm³/mol. The molecule has 18 nitrogen and oxygen atoms in total. The van der Waals surface area contributed by atoms with Gasteiger partial charge in [-0.2, -0.15) is 0 Å². The van der Waals surface area contributed by atoms with E-state index in [1.807, 2.05) is 0 Å². The number of aliphatic carboxylic acids is 1. The van der Waals surface area contributed by atoms with E-state index in [1.54, 1.807) is 18.4 Å². The Kier molecular flexibility index (Phi) is 14.3. The van der Waals surface area contributed by atoms with E-state index in [1.165, 1.54) is 6.08 Å². The molecule has 3 heterocycles. The number of ether oxygens (including phenoxy) is 4. The Balaban J connectivity index is 1.72. The molecular weight excluding hydrogens is 676 g/mol. The lowest BCUT2D eigenvalue weighted by atomic mass is 9.83. The number of allylic oxidation sites excluding steroid dienone is 2. The number of nitrogens with one attached hydrogen (secondary N) is 2. The molecule has 1 aliphatic carbocycles. The molecule has 2 fully saturated rings. The van der Waals surface area contributed by atoms with Crippen LogP contribution in [0.5, 0.6) is 0 Å². The van der Waals surface area contributed by atoms with E-state index >= 15 is 0 Å². The third kappa shape index (κ3) is 9.60. The van der Waals surface area contributed by atoms with Crippen LogP contribution in [0.3, 0.4) is 0 Å². The highest BCUT2D eigenvalue weighted by molar-refractivity contribution is 5.92. The quantitative estimate of drug-likeness (QED) is 0.0193. The minimum Gasteiger partial charge on any atom is -0.478 e. The molecule has 0 bridgehead atoms. The van der Waals surface area contributed by atoms with E-state index in [-0.39, 0.29) is 61.8 Å². The van der Waals surface area contributed by atoms with Gasteiger partial charge in [-0.1, -0.05) is 18.2 Å². The Labute approximate surface area is 294 Å². The maximum atomic E-state index is 13.6.